The fraction of sp³-hybridized carbons (Fsp3) is 0.692. The summed E-state index contributed by atoms with van der Waals surface area (Å²) in [5, 5.41) is 5.52. The van der Waals surface area contributed by atoms with Crippen molar-refractivity contribution in [3.63, 3.8) is 0 Å². The molecule has 0 spiro atoms. The van der Waals surface area contributed by atoms with E-state index in [2.05, 4.69) is 10.6 Å². The van der Waals surface area contributed by atoms with E-state index in [1.807, 2.05) is 0 Å². The van der Waals surface area contributed by atoms with Gasteiger partial charge in [-0.2, -0.15) is 0 Å². The van der Waals surface area contributed by atoms with E-state index in [1.165, 1.54) is 12.8 Å². The number of ether oxygens (including phenoxy) is 1. The molecule has 0 radical (unpaired) electrons. The molecule has 2 aliphatic rings. The average Bonchev–Trinajstić information content (AvgIpc) is 2.81. The van der Waals surface area contributed by atoms with Crippen LogP contribution in [0.25, 0.3) is 0 Å². The molecule has 1 fully saturated rings. The zero-order chi connectivity index (χ0) is 13.1. The minimum atomic E-state index is -0.320. The van der Waals surface area contributed by atoms with E-state index in [0.717, 1.165) is 12.8 Å². The second-order valence-corrected chi connectivity index (χ2v) is 4.88. The van der Waals surface area contributed by atoms with Crippen molar-refractivity contribution >= 4 is 12.0 Å². The SMILES string of the molecule is CCOC(=O)C1=C(C)NC(=O)NC1C1CCCC1. The number of nitrogens with one attached hydrogen (secondary N) is 2. The molecule has 1 unspecified atom stereocenters. The summed E-state index contributed by atoms with van der Waals surface area (Å²) in [5.74, 6) is 0.0322. The Morgan fingerprint density at radius 1 is 1.39 bits per heavy atom. The number of allylic oxidation sites excluding steroid dienone is 1. The number of rotatable bonds is 3. The Labute approximate surface area is 107 Å². The first-order valence-electron chi connectivity index (χ1n) is 6.59. The number of hydrogen-bond donors (Lipinski definition) is 2. The van der Waals surface area contributed by atoms with Crippen LogP contribution in [0.3, 0.4) is 0 Å². The highest BCUT2D eigenvalue weighted by Gasteiger charge is 2.37. The summed E-state index contributed by atoms with van der Waals surface area (Å²) in [6.45, 7) is 3.89. The smallest absolute Gasteiger partial charge is 0.337 e. The van der Waals surface area contributed by atoms with E-state index >= 15 is 0 Å². The molecule has 2 amide bonds. The third-order valence-corrected chi connectivity index (χ3v) is 3.67. The lowest BCUT2D eigenvalue weighted by atomic mass is 9.89. The first-order chi connectivity index (χ1) is 8.63. The topological polar surface area (TPSA) is 67.4 Å². The molecule has 0 aromatic carbocycles. The van der Waals surface area contributed by atoms with Crippen LogP contribution in [-0.2, 0) is 9.53 Å². The van der Waals surface area contributed by atoms with Gasteiger partial charge in [0, 0.05) is 5.70 Å². The van der Waals surface area contributed by atoms with Crippen molar-refractivity contribution < 1.29 is 14.3 Å². The van der Waals surface area contributed by atoms with Crippen LogP contribution < -0.4 is 10.6 Å². The van der Waals surface area contributed by atoms with E-state index in [0.29, 0.717) is 23.8 Å². The molecule has 1 aliphatic carbocycles. The summed E-state index contributed by atoms with van der Waals surface area (Å²) in [4.78, 5) is 23.6. The van der Waals surface area contributed by atoms with Gasteiger partial charge in [-0.1, -0.05) is 12.8 Å². The van der Waals surface area contributed by atoms with Crippen LogP contribution in [0.4, 0.5) is 4.79 Å². The van der Waals surface area contributed by atoms with Gasteiger partial charge in [0.05, 0.1) is 18.2 Å². The molecule has 0 bridgehead atoms. The van der Waals surface area contributed by atoms with Gasteiger partial charge >= 0.3 is 12.0 Å². The van der Waals surface area contributed by atoms with Crippen LogP contribution in [0.15, 0.2) is 11.3 Å². The fourth-order valence-corrected chi connectivity index (χ4v) is 2.85. The molecule has 100 valence electrons. The van der Waals surface area contributed by atoms with Gasteiger partial charge in [0.2, 0.25) is 0 Å². The van der Waals surface area contributed by atoms with Crippen molar-refractivity contribution in [3.05, 3.63) is 11.3 Å². The average molecular weight is 252 g/mol. The fourth-order valence-electron chi connectivity index (χ4n) is 2.85. The summed E-state index contributed by atoms with van der Waals surface area (Å²) in [6, 6.07) is -0.419. The van der Waals surface area contributed by atoms with Gasteiger partial charge in [0.1, 0.15) is 0 Å². The number of hydrogen-bond acceptors (Lipinski definition) is 3. The van der Waals surface area contributed by atoms with Crippen LogP contribution in [0, 0.1) is 5.92 Å². The van der Waals surface area contributed by atoms with Crippen molar-refractivity contribution in [3.8, 4) is 0 Å². The standard InChI is InChI=1S/C13H20N2O3/c1-3-18-12(16)10-8(2)14-13(17)15-11(10)9-6-4-5-7-9/h9,11H,3-7H2,1-2H3,(H2,14,15,17). The van der Waals surface area contributed by atoms with Gasteiger partial charge in [0.15, 0.2) is 0 Å². The Morgan fingerprint density at radius 2 is 2.06 bits per heavy atom. The summed E-state index contributed by atoms with van der Waals surface area (Å²) in [7, 11) is 0. The molecule has 1 saturated carbocycles. The molecule has 1 aliphatic heterocycles. The van der Waals surface area contributed by atoms with Gasteiger partial charge in [0.25, 0.3) is 0 Å². The molecule has 5 heteroatoms. The molecule has 1 heterocycles. The number of esters is 1. The zero-order valence-corrected chi connectivity index (χ0v) is 10.9. The van der Waals surface area contributed by atoms with Crippen LogP contribution in [0.5, 0.6) is 0 Å². The minimum Gasteiger partial charge on any atom is -0.463 e. The lowest BCUT2D eigenvalue weighted by molar-refractivity contribution is -0.139. The van der Waals surface area contributed by atoms with Crippen molar-refractivity contribution in [1.29, 1.82) is 0 Å². The highest BCUT2D eigenvalue weighted by Crippen LogP contribution is 2.32. The zero-order valence-electron chi connectivity index (χ0n) is 10.9. The van der Waals surface area contributed by atoms with Gasteiger partial charge in [-0.15, -0.1) is 0 Å². The van der Waals surface area contributed by atoms with E-state index in [9.17, 15) is 9.59 Å². The lowest BCUT2D eigenvalue weighted by Crippen LogP contribution is -2.52. The van der Waals surface area contributed by atoms with E-state index in [4.69, 9.17) is 4.74 Å². The van der Waals surface area contributed by atoms with E-state index < -0.39 is 0 Å². The van der Waals surface area contributed by atoms with Gasteiger partial charge in [-0.05, 0) is 32.6 Å². The first kappa shape index (κ1) is 12.9. The Bertz CT molecular complexity index is 384. The quantitative estimate of drug-likeness (QED) is 0.751. The lowest BCUT2D eigenvalue weighted by Gasteiger charge is -2.31. The number of carbonyl (C=O) groups is 2. The Morgan fingerprint density at radius 3 is 2.67 bits per heavy atom. The summed E-state index contributed by atoms with van der Waals surface area (Å²) in [5.41, 5.74) is 1.21. The molecule has 0 aromatic heterocycles. The van der Waals surface area contributed by atoms with Crippen molar-refractivity contribution in [2.75, 3.05) is 6.61 Å². The summed E-state index contributed by atoms with van der Waals surface area (Å²) < 4.78 is 5.09. The normalized spacial score (nSPS) is 24.8. The van der Waals surface area contributed by atoms with Crippen molar-refractivity contribution in [1.82, 2.24) is 10.6 Å². The second kappa shape index (κ2) is 5.42. The van der Waals surface area contributed by atoms with E-state index in [-0.39, 0.29) is 18.0 Å². The number of amides is 2. The predicted octanol–water partition coefficient (Wildman–Crippen LogP) is 1.70. The molecule has 0 saturated heterocycles. The van der Waals surface area contributed by atoms with Gasteiger partial charge in [-0.25, -0.2) is 9.59 Å². The number of carbonyl (C=O) groups excluding carboxylic acids is 2. The molecule has 1 atom stereocenters. The third kappa shape index (κ3) is 2.49. The van der Waals surface area contributed by atoms with Gasteiger partial charge < -0.3 is 15.4 Å². The Balaban J connectivity index is 2.25. The molecule has 2 rings (SSSR count). The molecule has 2 N–H and O–H groups in total. The summed E-state index contributed by atoms with van der Waals surface area (Å²) >= 11 is 0. The molecule has 18 heavy (non-hydrogen) atoms. The monoisotopic (exact) mass is 252 g/mol. The van der Waals surface area contributed by atoms with Crippen molar-refractivity contribution in [2.24, 2.45) is 5.92 Å². The minimum absolute atomic E-state index is 0.194. The van der Waals surface area contributed by atoms with Crippen LogP contribution in [0.1, 0.15) is 39.5 Å². The van der Waals surface area contributed by atoms with E-state index in [1.54, 1.807) is 13.8 Å². The molecule has 5 nitrogen and oxygen atoms in total. The Kier molecular flexibility index (Phi) is 3.89. The van der Waals surface area contributed by atoms with Gasteiger partial charge in [-0.3, -0.25) is 0 Å². The number of urea groups is 1. The Hall–Kier alpha value is -1.52. The predicted molar refractivity (Wildman–Crippen MR) is 66.7 cm³/mol. The third-order valence-electron chi connectivity index (χ3n) is 3.67. The first-order valence-corrected chi connectivity index (χ1v) is 6.59. The molecular formula is C13H20N2O3. The van der Waals surface area contributed by atoms with Crippen LogP contribution in [-0.4, -0.2) is 24.6 Å². The molecular weight excluding hydrogens is 232 g/mol. The maximum atomic E-state index is 12.0. The maximum absolute atomic E-state index is 12.0. The largest absolute Gasteiger partial charge is 0.463 e. The molecule has 0 aromatic rings. The van der Waals surface area contributed by atoms with Crippen LogP contribution >= 0.6 is 0 Å². The second-order valence-electron chi connectivity index (χ2n) is 4.88. The summed E-state index contributed by atoms with van der Waals surface area (Å²) in [6.07, 6.45) is 4.45. The van der Waals surface area contributed by atoms with Crippen molar-refractivity contribution in [2.45, 2.75) is 45.6 Å². The highest BCUT2D eigenvalue weighted by atomic mass is 16.5. The maximum Gasteiger partial charge on any atom is 0.337 e. The highest BCUT2D eigenvalue weighted by molar-refractivity contribution is 5.94. The van der Waals surface area contributed by atoms with Crippen LogP contribution in [0.2, 0.25) is 0 Å².